The molecule has 2 nitrogen and oxygen atoms in total. The van der Waals surface area contributed by atoms with Gasteiger partial charge in [-0.15, -0.1) is 0 Å². The van der Waals surface area contributed by atoms with Gasteiger partial charge in [-0.2, -0.15) is 0 Å². The zero-order valence-electron chi connectivity index (χ0n) is 8.25. The van der Waals surface area contributed by atoms with Crippen LogP contribution in [0.3, 0.4) is 0 Å². The van der Waals surface area contributed by atoms with Gasteiger partial charge in [-0.05, 0) is 29.2 Å². The van der Waals surface area contributed by atoms with Gasteiger partial charge in [0.2, 0.25) is 6.08 Å². The van der Waals surface area contributed by atoms with Crippen molar-refractivity contribution in [2.24, 2.45) is 4.99 Å². The summed E-state index contributed by atoms with van der Waals surface area (Å²) in [6.07, 6.45) is 1.53. The molecule has 0 amide bonds. The standard InChI is InChI=1S/C11H12ClNO/c1-8(2)11-4-3-10(12)5-9(11)6-13-7-14/h3-5,8H,6H2,1-2H3. The first kappa shape index (κ1) is 11.0. The summed E-state index contributed by atoms with van der Waals surface area (Å²) >= 11 is 5.86. The van der Waals surface area contributed by atoms with Gasteiger partial charge in [0, 0.05) is 5.02 Å². The average Bonchev–Trinajstić information content (AvgIpc) is 2.14. The smallest absolute Gasteiger partial charge is 0.211 e. The summed E-state index contributed by atoms with van der Waals surface area (Å²) in [6.45, 7) is 4.55. The first-order valence-electron chi connectivity index (χ1n) is 4.47. The van der Waals surface area contributed by atoms with E-state index in [9.17, 15) is 4.79 Å². The minimum absolute atomic E-state index is 0.359. The molecule has 0 bridgehead atoms. The minimum Gasteiger partial charge on any atom is -0.211 e. The van der Waals surface area contributed by atoms with Crippen molar-refractivity contribution in [3.63, 3.8) is 0 Å². The van der Waals surface area contributed by atoms with Gasteiger partial charge < -0.3 is 0 Å². The molecule has 0 fully saturated rings. The largest absolute Gasteiger partial charge is 0.235 e. The van der Waals surface area contributed by atoms with E-state index in [2.05, 4.69) is 18.8 Å². The quantitative estimate of drug-likeness (QED) is 0.555. The Bertz CT molecular complexity index is 368. The van der Waals surface area contributed by atoms with Gasteiger partial charge in [-0.25, -0.2) is 9.79 Å². The molecule has 1 rings (SSSR count). The normalized spacial score (nSPS) is 10.0. The summed E-state index contributed by atoms with van der Waals surface area (Å²) in [5, 5.41) is 0.672. The highest BCUT2D eigenvalue weighted by Crippen LogP contribution is 2.23. The second-order valence-corrected chi connectivity index (χ2v) is 3.84. The molecule has 0 heterocycles. The lowest BCUT2D eigenvalue weighted by molar-refractivity contribution is 0.562. The number of nitrogens with zero attached hydrogens (tertiary/aromatic N) is 1. The molecule has 3 heteroatoms. The lowest BCUT2D eigenvalue weighted by Crippen LogP contribution is -1.95. The third-order valence-corrected chi connectivity index (χ3v) is 2.28. The van der Waals surface area contributed by atoms with Crippen LogP contribution in [-0.2, 0) is 11.3 Å². The second kappa shape index (κ2) is 4.94. The molecule has 0 saturated heterocycles. The van der Waals surface area contributed by atoms with Gasteiger partial charge in [0.15, 0.2) is 0 Å². The van der Waals surface area contributed by atoms with E-state index in [0.29, 0.717) is 17.5 Å². The van der Waals surface area contributed by atoms with E-state index < -0.39 is 0 Å². The van der Waals surface area contributed by atoms with E-state index in [4.69, 9.17) is 11.6 Å². The summed E-state index contributed by atoms with van der Waals surface area (Å²) in [5.74, 6) is 0.407. The lowest BCUT2D eigenvalue weighted by Gasteiger charge is -2.10. The van der Waals surface area contributed by atoms with Gasteiger partial charge >= 0.3 is 0 Å². The summed E-state index contributed by atoms with van der Waals surface area (Å²) in [5.41, 5.74) is 2.17. The fourth-order valence-electron chi connectivity index (χ4n) is 1.39. The third-order valence-electron chi connectivity index (χ3n) is 2.04. The van der Waals surface area contributed by atoms with Gasteiger partial charge in [0.1, 0.15) is 0 Å². The number of isocyanates is 1. The molecule has 0 saturated carbocycles. The Morgan fingerprint density at radius 3 is 2.79 bits per heavy atom. The number of aliphatic imine (C=N–C) groups is 1. The number of rotatable bonds is 3. The Balaban J connectivity index is 3.08. The van der Waals surface area contributed by atoms with Crippen LogP contribution in [-0.4, -0.2) is 6.08 Å². The van der Waals surface area contributed by atoms with Crippen molar-refractivity contribution in [1.29, 1.82) is 0 Å². The van der Waals surface area contributed by atoms with Crippen molar-refractivity contribution in [2.75, 3.05) is 0 Å². The molecule has 0 aliphatic carbocycles. The molecule has 0 N–H and O–H groups in total. The zero-order valence-corrected chi connectivity index (χ0v) is 9.01. The topological polar surface area (TPSA) is 29.4 Å². The number of halogens is 1. The van der Waals surface area contributed by atoms with Crippen LogP contribution in [0.4, 0.5) is 0 Å². The molecule has 0 aliphatic rings. The molecular formula is C11H12ClNO. The second-order valence-electron chi connectivity index (χ2n) is 3.41. The lowest BCUT2D eigenvalue weighted by atomic mass is 9.97. The first-order chi connectivity index (χ1) is 6.65. The van der Waals surface area contributed by atoms with Gasteiger partial charge in [0.05, 0.1) is 6.54 Å². The molecule has 1 aromatic rings. The molecule has 0 radical (unpaired) electrons. The highest BCUT2D eigenvalue weighted by atomic mass is 35.5. The Hall–Kier alpha value is -1.11. The third kappa shape index (κ3) is 2.69. The van der Waals surface area contributed by atoms with Crippen molar-refractivity contribution in [2.45, 2.75) is 26.3 Å². The van der Waals surface area contributed by atoms with E-state index in [1.807, 2.05) is 18.2 Å². The molecule has 0 unspecified atom stereocenters. The van der Waals surface area contributed by atoms with E-state index in [0.717, 1.165) is 5.56 Å². The van der Waals surface area contributed by atoms with Gasteiger partial charge in [-0.3, -0.25) is 0 Å². The first-order valence-corrected chi connectivity index (χ1v) is 4.85. The van der Waals surface area contributed by atoms with Crippen molar-refractivity contribution in [3.05, 3.63) is 34.3 Å². The van der Waals surface area contributed by atoms with Crippen LogP contribution in [0.15, 0.2) is 23.2 Å². The molecule has 0 atom stereocenters. The van der Waals surface area contributed by atoms with E-state index in [-0.39, 0.29) is 0 Å². The van der Waals surface area contributed by atoms with Gasteiger partial charge in [0.25, 0.3) is 0 Å². The number of carbonyl (C=O) groups excluding carboxylic acids is 1. The fourth-order valence-corrected chi connectivity index (χ4v) is 1.59. The maximum Gasteiger partial charge on any atom is 0.235 e. The van der Waals surface area contributed by atoms with Gasteiger partial charge in [-0.1, -0.05) is 31.5 Å². The summed E-state index contributed by atoms with van der Waals surface area (Å²) < 4.78 is 0. The maximum absolute atomic E-state index is 10.0. The molecule has 14 heavy (non-hydrogen) atoms. The Morgan fingerprint density at radius 1 is 1.50 bits per heavy atom. The van der Waals surface area contributed by atoms with Crippen molar-refractivity contribution >= 4 is 17.7 Å². The van der Waals surface area contributed by atoms with Crippen LogP contribution in [0.5, 0.6) is 0 Å². The van der Waals surface area contributed by atoms with E-state index in [1.165, 1.54) is 11.6 Å². The van der Waals surface area contributed by atoms with Crippen LogP contribution in [0.1, 0.15) is 30.9 Å². The summed E-state index contributed by atoms with van der Waals surface area (Å²) in [7, 11) is 0. The van der Waals surface area contributed by atoms with Crippen molar-refractivity contribution in [3.8, 4) is 0 Å². The van der Waals surface area contributed by atoms with Crippen molar-refractivity contribution < 1.29 is 4.79 Å². The number of hydrogen-bond donors (Lipinski definition) is 0. The molecule has 74 valence electrons. The van der Waals surface area contributed by atoms with E-state index >= 15 is 0 Å². The van der Waals surface area contributed by atoms with Crippen LogP contribution >= 0.6 is 11.6 Å². The van der Waals surface area contributed by atoms with E-state index in [1.54, 1.807) is 0 Å². The SMILES string of the molecule is CC(C)c1ccc(Cl)cc1CN=C=O. The molecular weight excluding hydrogens is 198 g/mol. The van der Waals surface area contributed by atoms with Crippen LogP contribution in [0.2, 0.25) is 5.02 Å². The maximum atomic E-state index is 10.0. The minimum atomic E-state index is 0.359. The Labute approximate surface area is 88.6 Å². The summed E-state index contributed by atoms with van der Waals surface area (Å²) in [6, 6.07) is 5.67. The van der Waals surface area contributed by atoms with Crippen LogP contribution < -0.4 is 0 Å². The summed E-state index contributed by atoms with van der Waals surface area (Å²) in [4.78, 5) is 13.6. The van der Waals surface area contributed by atoms with Crippen LogP contribution in [0, 0.1) is 0 Å². The van der Waals surface area contributed by atoms with Crippen LogP contribution in [0.25, 0.3) is 0 Å². The molecule has 0 spiro atoms. The Kier molecular flexibility index (Phi) is 3.87. The average molecular weight is 210 g/mol. The number of hydrogen-bond acceptors (Lipinski definition) is 2. The molecule has 0 aliphatic heterocycles. The predicted molar refractivity (Wildman–Crippen MR) is 57.4 cm³/mol. The fraction of sp³-hybridized carbons (Fsp3) is 0.364. The van der Waals surface area contributed by atoms with Crippen molar-refractivity contribution in [1.82, 2.24) is 0 Å². The predicted octanol–water partition coefficient (Wildman–Crippen LogP) is 3.30. The number of benzene rings is 1. The molecule has 0 aromatic heterocycles. The zero-order chi connectivity index (χ0) is 10.6. The monoisotopic (exact) mass is 209 g/mol. The highest BCUT2D eigenvalue weighted by Gasteiger charge is 2.06. The Morgan fingerprint density at radius 2 is 2.21 bits per heavy atom. The molecule has 1 aromatic carbocycles. The highest BCUT2D eigenvalue weighted by molar-refractivity contribution is 6.30.